The van der Waals surface area contributed by atoms with Crippen molar-refractivity contribution in [2.75, 3.05) is 6.54 Å². The highest BCUT2D eigenvalue weighted by Crippen LogP contribution is 2.24. The molecular weight excluding hydrogens is 178 g/mol. The highest BCUT2D eigenvalue weighted by atomic mass is 16.3. The molecule has 4 heteroatoms. The molecule has 0 fully saturated rings. The monoisotopic (exact) mass is 197 g/mol. The summed E-state index contributed by atoms with van der Waals surface area (Å²) < 4.78 is 1.96. The molecule has 1 unspecified atom stereocenters. The number of aliphatic hydroxyl groups excluding tert-OH is 1. The van der Waals surface area contributed by atoms with E-state index in [1.54, 1.807) is 6.33 Å². The zero-order chi connectivity index (χ0) is 10.7. The van der Waals surface area contributed by atoms with E-state index in [0.29, 0.717) is 18.9 Å². The number of nitrogens with zero attached hydrogens (tertiary/aromatic N) is 2. The van der Waals surface area contributed by atoms with Gasteiger partial charge in [0.05, 0.1) is 18.1 Å². The average Bonchev–Trinajstić information content (AvgIpc) is 2.47. The quantitative estimate of drug-likeness (QED) is 0.754. The van der Waals surface area contributed by atoms with E-state index in [0.717, 1.165) is 11.4 Å². The van der Waals surface area contributed by atoms with Gasteiger partial charge in [0, 0.05) is 12.7 Å². The zero-order valence-corrected chi connectivity index (χ0v) is 9.07. The van der Waals surface area contributed by atoms with Gasteiger partial charge in [0.2, 0.25) is 0 Å². The first kappa shape index (κ1) is 11.2. The van der Waals surface area contributed by atoms with E-state index in [-0.39, 0.29) is 0 Å². The van der Waals surface area contributed by atoms with Gasteiger partial charge in [0.25, 0.3) is 0 Å². The lowest BCUT2D eigenvalue weighted by molar-refractivity contribution is 0.164. The van der Waals surface area contributed by atoms with Crippen molar-refractivity contribution in [1.82, 2.24) is 9.55 Å². The Hall–Kier alpha value is -0.870. The van der Waals surface area contributed by atoms with Crippen molar-refractivity contribution in [2.24, 2.45) is 12.8 Å². The summed E-state index contributed by atoms with van der Waals surface area (Å²) in [6.45, 7) is 4.67. The summed E-state index contributed by atoms with van der Waals surface area (Å²) in [4.78, 5) is 4.21. The Morgan fingerprint density at radius 1 is 1.57 bits per heavy atom. The smallest absolute Gasteiger partial charge is 0.0990 e. The number of aryl methyl sites for hydroxylation is 1. The van der Waals surface area contributed by atoms with E-state index >= 15 is 0 Å². The molecule has 0 radical (unpaired) electrons. The minimum Gasteiger partial charge on any atom is -0.387 e. The van der Waals surface area contributed by atoms with Crippen molar-refractivity contribution in [2.45, 2.75) is 32.3 Å². The first-order valence-corrected chi connectivity index (χ1v) is 4.97. The first-order valence-electron chi connectivity index (χ1n) is 4.97. The van der Waals surface area contributed by atoms with Crippen molar-refractivity contribution < 1.29 is 5.11 Å². The fraction of sp³-hybridized carbons (Fsp3) is 0.700. The number of aromatic nitrogens is 2. The molecule has 1 heterocycles. The van der Waals surface area contributed by atoms with E-state index in [1.165, 1.54) is 0 Å². The second-order valence-corrected chi connectivity index (χ2v) is 3.87. The molecule has 14 heavy (non-hydrogen) atoms. The highest BCUT2D eigenvalue weighted by molar-refractivity contribution is 5.19. The molecule has 1 aromatic heterocycles. The molecule has 0 saturated heterocycles. The Balaban J connectivity index is 2.96. The number of aliphatic hydroxyl groups is 1. The summed E-state index contributed by atoms with van der Waals surface area (Å²) in [5.41, 5.74) is 7.27. The van der Waals surface area contributed by atoms with Crippen LogP contribution >= 0.6 is 0 Å². The fourth-order valence-electron chi connectivity index (χ4n) is 1.71. The lowest BCUT2D eigenvalue weighted by Crippen LogP contribution is -2.10. The van der Waals surface area contributed by atoms with Crippen LogP contribution in [0.25, 0.3) is 0 Å². The standard InChI is InChI=1S/C10H19N3O/c1-7(2)10-9(8(14)4-5-11)12-6-13(10)3/h6-8,14H,4-5,11H2,1-3H3. The fourth-order valence-corrected chi connectivity index (χ4v) is 1.71. The van der Waals surface area contributed by atoms with Crippen LogP contribution in [-0.2, 0) is 7.05 Å². The maximum absolute atomic E-state index is 9.81. The van der Waals surface area contributed by atoms with Crippen LogP contribution in [0.3, 0.4) is 0 Å². The second kappa shape index (κ2) is 4.57. The molecule has 1 rings (SSSR count). The Morgan fingerprint density at radius 3 is 2.71 bits per heavy atom. The zero-order valence-electron chi connectivity index (χ0n) is 9.07. The molecule has 0 spiro atoms. The van der Waals surface area contributed by atoms with E-state index in [4.69, 9.17) is 5.73 Å². The minimum absolute atomic E-state index is 0.366. The van der Waals surface area contributed by atoms with E-state index < -0.39 is 6.10 Å². The number of nitrogens with two attached hydrogens (primary N) is 1. The summed E-state index contributed by atoms with van der Waals surface area (Å²) in [6.07, 6.45) is 1.78. The van der Waals surface area contributed by atoms with E-state index in [1.807, 2.05) is 11.6 Å². The summed E-state index contributed by atoms with van der Waals surface area (Å²) in [5, 5.41) is 9.81. The molecule has 0 aliphatic carbocycles. The molecule has 1 aromatic rings. The van der Waals surface area contributed by atoms with Crippen molar-refractivity contribution in [1.29, 1.82) is 0 Å². The van der Waals surface area contributed by atoms with Gasteiger partial charge in [-0.15, -0.1) is 0 Å². The largest absolute Gasteiger partial charge is 0.387 e. The molecule has 0 saturated carbocycles. The Labute approximate surface area is 84.8 Å². The van der Waals surface area contributed by atoms with Crippen LogP contribution in [0.4, 0.5) is 0 Å². The Morgan fingerprint density at radius 2 is 2.21 bits per heavy atom. The third kappa shape index (κ3) is 2.13. The normalized spacial score (nSPS) is 13.6. The molecule has 80 valence electrons. The van der Waals surface area contributed by atoms with Crippen LogP contribution in [0.1, 0.15) is 43.7 Å². The summed E-state index contributed by atoms with van der Waals surface area (Å²) >= 11 is 0. The first-order chi connectivity index (χ1) is 6.57. The van der Waals surface area contributed by atoms with Gasteiger partial charge in [0.1, 0.15) is 0 Å². The molecule has 4 nitrogen and oxygen atoms in total. The van der Waals surface area contributed by atoms with E-state index in [9.17, 15) is 5.11 Å². The second-order valence-electron chi connectivity index (χ2n) is 3.87. The summed E-state index contributed by atoms with van der Waals surface area (Å²) in [7, 11) is 1.95. The molecule has 0 bridgehead atoms. The molecule has 0 aliphatic rings. The van der Waals surface area contributed by atoms with Crippen LogP contribution < -0.4 is 5.73 Å². The van der Waals surface area contributed by atoms with Gasteiger partial charge in [-0.05, 0) is 18.9 Å². The summed E-state index contributed by atoms with van der Waals surface area (Å²) in [5.74, 6) is 0.366. The van der Waals surface area contributed by atoms with Crippen LogP contribution in [0.15, 0.2) is 6.33 Å². The topological polar surface area (TPSA) is 64.1 Å². The molecule has 3 N–H and O–H groups in total. The number of hydrogen-bond donors (Lipinski definition) is 2. The van der Waals surface area contributed by atoms with Crippen LogP contribution in [-0.4, -0.2) is 21.2 Å². The predicted octanol–water partition coefficient (Wildman–Crippen LogP) is 0.926. The summed E-state index contributed by atoms with van der Waals surface area (Å²) in [6, 6.07) is 0. The molecule has 1 atom stereocenters. The third-order valence-electron chi connectivity index (χ3n) is 2.32. The van der Waals surface area contributed by atoms with Gasteiger partial charge in [-0.25, -0.2) is 4.98 Å². The maximum atomic E-state index is 9.81. The van der Waals surface area contributed by atoms with Gasteiger partial charge in [-0.2, -0.15) is 0 Å². The van der Waals surface area contributed by atoms with Gasteiger partial charge in [-0.1, -0.05) is 13.8 Å². The predicted molar refractivity (Wildman–Crippen MR) is 55.9 cm³/mol. The van der Waals surface area contributed by atoms with Gasteiger partial charge < -0.3 is 15.4 Å². The van der Waals surface area contributed by atoms with Crippen molar-refractivity contribution in [3.63, 3.8) is 0 Å². The van der Waals surface area contributed by atoms with Crippen molar-refractivity contribution in [3.8, 4) is 0 Å². The third-order valence-corrected chi connectivity index (χ3v) is 2.32. The van der Waals surface area contributed by atoms with Gasteiger partial charge in [-0.3, -0.25) is 0 Å². The van der Waals surface area contributed by atoms with Gasteiger partial charge >= 0.3 is 0 Å². The lowest BCUT2D eigenvalue weighted by atomic mass is 10.0. The molecule has 0 aromatic carbocycles. The molecule has 0 aliphatic heterocycles. The van der Waals surface area contributed by atoms with Crippen LogP contribution in [0, 0.1) is 0 Å². The lowest BCUT2D eigenvalue weighted by Gasteiger charge is -2.13. The molecular formula is C10H19N3O. The number of imidazole rings is 1. The SMILES string of the molecule is CC(C)c1c(C(O)CCN)ncn1C. The van der Waals surface area contributed by atoms with E-state index in [2.05, 4.69) is 18.8 Å². The van der Waals surface area contributed by atoms with Crippen LogP contribution in [0.5, 0.6) is 0 Å². The van der Waals surface area contributed by atoms with Gasteiger partial charge in [0.15, 0.2) is 0 Å². The van der Waals surface area contributed by atoms with Crippen molar-refractivity contribution >= 4 is 0 Å². The average molecular weight is 197 g/mol. The Bertz CT molecular complexity index is 294. The maximum Gasteiger partial charge on any atom is 0.0990 e. The molecule has 0 amide bonds. The van der Waals surface area contributed by atoms with Crippen molar-refractivity contribution in [3.05, 3.63) is 17.7 Å². The highest BCUT2D eigenvalue weighted by Gasteiger charge is 2.18. The minimum atomic E-state index is -0.529. The Kier molecular flexibility index (Phi) is 3.66. The van der Waals surface area contributed by atoms with Crippen LogP contribution in [0.2, 0.25) is 0 Å². The number of rotatable bonds is 4. The number of hydrogen-bond acceptors (Lipinski definition) is 3.